The number of nitrogens with one attached hydrogen (secondary N) is 1. The van der Waals surface area contributed by atoms with Crippen molar-refractivity contribution < 1.29 is 4.21 Å². The average Bonchev–Trinajstić information content (AvgIpc) is 2.62. The van der Waals surface area contributed by atoms with Gasteiger partial charge in [-0.25, -0.2) is 0 Å². The monoisotopic (exact) mass is 343 g/mol. The van der Waals surface area contributed by atoms with Crippen molar-refractivity contribution in [3.63, 3.8) is 0 Å². The summed E-state index contributed by atoms with van der Waals surface area (Å²) in [5, 5.41) is 3.09. The van der Waals surface area contributed by atoms with Crippen LogP contribution in [0, 0.1) is 0 Å². The lowest BCUT2D eigenvalue weighted by Crippen LogP contribution is -2.47. The SMILES string of the molecule is CNC(=S)[C@]1(c2ccc(-c3ccccc3)cc2)CCCC[S@]1=O. The molecule has 120 valence electrons. The van der Waals surface area contributed by atoms with E-state index in [9.17, 15) is 4.21 Å². The maximum Gasteiger partial charge on any atom is 0.121 e. The van der Waals surface area contributed by atoms with E-state index in [1.807, 2.05) is 25.2 Å². The van der Waals surface area contributed by atoms with Gasteiger partial charge in [-0.2, -0.15) is 0 Å². The van der Waals surface area contributed by atoms with Crippen molar-refractivity contribution in [3.8, 4) is 11.1 Å². The van der Waals surface area contributed by atoms with Gasteiger partial charge in [0.2, 0.25) is 0 Å². The molecule has 2 atom stereocenters. The smallest absolute Gasteiger partial charge is 0.121 e. The van der Waals surface area contributed by atoms with Crippen LogP contribution < -0.4 is 5.32 Å². The molecule has 0 bridgehead atoms. The molecule has 2 aromatic rings. The Hall–Kier alpha value is -1.52. The third kappa shape index (κ3) is 2.98. The molecule has 2 aromatic carbocycles. The summed E-state index contributed by atoms with van der Waals surface area (Å²) in [5.74, 6) is 0.724. The molecule has 0 radical (unpaired) electrons. The molecule has 0 aliphatic carbocycles. The Morgan fingerprint density at radius 1 is 1.04 bits per heavy atom. The summed E-state index contributed by atoms with van der Waals surface area (Å²) < 4.78 is 12.3. The van der Waals surface area contributed by atoms with Gasteiger partial charge in [0.25, 0.3) is 0 Å². The van der Waals surface area contributed by atoms with Crippen LogP contribution in [0.2, 0.25) is 0 Å². The van der Waals surface area contributed by atoms with Gasteiger partial charge in [0.15, 0.2) is 0 Å². The molecule has 0 spiro atoms. The molecule has 0 saturated carbocycles. The van der Waals surface area contributed by atoms with Gasteiger partial charge in [0.1, 0.15) is 4.75 Å². The highest BCUT2D eigenvalue weighted by Crippen LogP contribution is 2.39. The van der Waals surface area contributed by atoms with Crippen LogP contribution in [0.3, 0.4) is 0 Å². The van der Waals surface area contributed by atoms with E-state index in [2.05, 4.69) is 41.7 Å². The van der Waals surface area contributed by atoms with Crippen molar-refractivity contribution in [3.05, 3.63) is 60.2 Å². The Morgan fingerprint density at radius 2 is 1.70 bits per heavy atom. The van der Waals surface area contributed by atoms with Crippen LogP contribution in [0.5, 0.6) is 0 Å². The van der Waals surface area contributed by atoms with Crippen LogP contribution in [0.15, 0.2) is 54.6 Å². The van der Waals surface area contributed by atoms with E-state index < -0.39 is 15.5 Å². The third-order valence-electron chi connectivity index (χ3n) is 4.55. The van der Waals surface area contributed by atoms with E-state index in [1.165, 1.54) is 11.1 Å². The quantitative estimate of drug-likeness (QED) is 0.853. The minimum atomic E-state index is -0.972. The zero-order valence-electron chi connectivity index (χ0n) is 13.2. The maximum atomic E-state index is 12.9. The predicted octanol–water partition coefficient (Wildman–Crippen LogP) is 4.03. The maximum absolute atomic E-state index is 12.9. The van der Waals surface area contributed by atoms with Crippen molar-refractivity contribution in [1.29, 1.82) is 0 Å². The van der Waals surface area contributed by atoms with Gasteiger partial charge >= 0.3 is 0 Å². The first-order valence-electron chi connectivity index (χ1n) is 7.95. The Morgan fingerprint density at radius 3 is 2.30 bits per heavy atom. The highest BCUT2D eigenvalue weighted by atomic mass is 32.2. The zero-order valence-corrected chi connectivity index (χ0v) is 14.9. The topological polar surface area (TPSA) is 29.1 Å². The molecule has 23 heavy (non-hydrogen) atoms. The van der Waals surface area contributed by atoms with E-state index in [0.29, 0.717) is 4.99 Å². The molecular weight excluding hydrogens is 322 g/mol. The fraction of sp³-hybridized carbons (Fsp3) is 0.316. The summed E-state index contributed by atoms with van der Waals surface area (Å²) in [5.41, 5.74) is 3.42. The minimum Gasteiger partial charge on any atom is -0.381 e. The van der Waals surface area contributed by atoms with Crippen molar-refractivity contribution in [2.24, 2.45) is 0 Å². The second-order valence-corrected chi connectivity index (χ2v) is 8.06. The highest BCUT2D eigenvalue weighted by Gasteiger charge is 2.44. The van der Waals surface area contributed by atoms with Gasteiger partial charge in [-0.05, 0) is 29.5 Å². The Bertz CT molecular complexity index is 702. The largest absolute Gasteiger partial charge is 0.381 e. The van der Waals surface area contributed by atoms with Gasteiger partial charge in [-0.1, -0.05) is 73.2 Å². The van der Waals surface area contributed by atoms with Gasteiger partial charge in [-0.3, -0.25) is 4.21 Å². The number of likely N-dealkylation sites (N-methyl/N-ethyl adjacent to an activating group) is 1. The summed E-state index contributed by atoms with van der Waals surface area (Å²) in [6, 6.07) is 18.7. The lowest BCUT2D eigenvalue weighted by Gasteiger charge is -2.37. The summed E-state index contributed by atoms with van der Waals surface area (Å²) in [6.07, 6.45) is 2.93. The fourth-order valence-corrected chi connectivity index (χ4v) is 5.68. The van der Waals surface area contributed by atoms with Crippen LogP contribution in [-0.2, 0) is 15.5 Å². The molecule has 1 aliphatic rings. The average molecular weight is 344 g/mol. The Kier molecular flexibility index (Phi) is 4.93. The Labute approximate surface area is 145 Å². The normalized spacial score (nSPS) is 24.1. The standard InChI is InChI=1S/C19H21NOS2/c1-20-18(22)19(13-5-6-14-23(19)21)17-11-9-16(10-12-17)15-7-3-2-4-8-15/h2-4,7-12H,5-6,13-14H2,1H3,(H,20,22)/t19-,23-/m1/s1. The molecular formula is C19H21NOS2. The fourth-order valence-electron chi connectivity index (χ4n) is 3.28. The van der Waals surface area contributed by atoms with E-state index in [0.717, 1.165) is 30.6 Å². The lowest BCUT2D eigenvalue weighted by atomic mass is 9.90. The van der Waals surface area contributed by atoms with E-state index in [4.69, 9.17) is 12.2 Å². The van der Waals surface area contributed by atoms with Gasteiger partial charge in [0, 0.05) is 23.6 Å². The van der Waals surface area contributed by atoms with Crippen molar-refractivity contribution >= 4 is 28.0 Å². The first-order chi connectivity index (χ1) is 11.2. The minimum absolute atomic E-state index is 0.530. The lowest BCUT2D eigenvalue weighted by molar-refractivity contribution is 0.574. The summed E-state index contributed by atoms with van der Waals surface area (Å²) in [4.78, 5) is 0.697. The van der Waals surface area contributed by atoms with E-state index >= 15 is 0 Å². The summed E-state index contributed by atoms with van der Waals surface area (Å²) >= 11 is 5.57. The number of benzene rings is 2. The molecule has 1 saturated heterocycles. The molecule has 1 N–H and O–H groups in total. The second-order valence-electron chi connectivity index (χ2n) is 5.86. The molecule has 0 aromatic heterocycles. The molecule has 1 aliphatic heterocycles. The van der Waals surface area contributed by atoms with Crippen molar-refractivity contribution in [2.45, 2.75) is 24.0 Å². The predicted molar refractivity (Wildman–Crippen MR) is 102 cm³/mol. The highest BCUT2D eigenvalue weighted by molar-refractivity contribution is 7.90. The van der Waals surface area contributed by atoms with E-state index in [-0.39, 0.29) is 0 Å². The first-order valence-corrected chi connectivity index (χ1v) is 9.68. The van der Waals surface area contributed by atoms with Crippen LogP contribution in [0.1, 0.15) is 24.8 Å². The zero-order chi connectivity index (χ0) is 16.3. The third-order valence-corrected chi connectivity index (χ3v) is 7.31. The first kappa shape index (κ1) is 16.3. The molecule has 1 fully saturated rings. The molecule has 4 heteroatoms. The van der Waals surface area contributed by atoms with Gasteiger partial charge in [0.05, 0.1) is 4.99 Å². The summed E-state index contributed by atoms with van der Waals surface area (Å²) in [7, 11) is 0.855. The Balaban J connectivity index is 2.01. The molecule has 0 amide bonds. The van der Waals surface area contributed by atoms with Crippen molar-refractivity contribution in [1.82, 2.24) is 5.32 Å². The number of hydrogen-bond donors (Lipinski definition) is 1. The van der Waals surface area contributed by atoms with Crippen LogP contribution in [-0.4, -0.2) is 22.0 Å². The molecule has 1 heterocycles. The van der Waals surface area contributed by atoms with Crippen LogP contribution in [0.25, 0.3) is 11.1 Å². The summed E-state index contributed by atoms with van der Waals surface area (Å²) in [6.45, 7) is 0. The molecule has 2 nitrogen and oxygen atoms in total. The number of rotatable bonds is 3. The molecule has 0 unspecified atom stereocenters. The van der Waals surface area contributed by atoms with E-state index in [1.54, 1.807) is 0 Å². The number of hydrogen-bond acceptors (Lipinski definition) is 2. The van der Waals surface area contributed by atoms with Gasteiger partial charge < -0.3 is 5.32 Å². The number of thiocarbonyl (C=S) groups is 1. The van der Waals surface area contributed by atoms with Crippen LogP contribution >= 0.6 is 12.2 Å². The van der Waals surface area contributed by atoms with Crippen LogP contribution in [0.4, 0.5) is 0 Å². The van der Waals surface area contributed by atoms with Gasteiger partial charge in [-0.15, -0.1) is 0 Å². The molecule has 3 rings (SSSR count). The van der Waals surface area contributed by atoms with Crippen molar-refractivity contribution in [2.75, 3.05) is 12.8 Å². The second kappa shape index (κ2) is 6.93.